The van der Waals surface area contributed by atoms with Crippen LogP contribution in [0.1, 0.15) is 22.6 Å². The summed E-state index contributed by atoms with van der Waals surface area (Å²) < 4.78 is 7.45. The summed E-state index contributed by atoms with van der Waals surface area (Å²) in [6.45, 7) is 1.68. The van der Waals surface area contributed by atoms with Gasteiger partial charge in [0.15, 0.2) is 10.8 Å². The lowest BCUT2D eigenvalue weighted by Gasteiger charge is -2.29. The predicted octanol–water partition coefficient (Wildman–Crippen LogP) is 1.67. The van der Waals surface area contributed by atoms with Gasteiger partial charge in [0.1, 0.15) is 0 Å². The second kappa shape index (κ2) is 7.21. The third kappa shape index (κ3) is 3.13. The van der Waals surface area contributed by atoms with E-state index in [1.165, 1.54) is 18.4 Å². The smallest absolute Gasteiger partial charge is 0.358 e. The molecule has 0 saturated carbocycles. The first-order valence-electron chi connectivity index (χ1n) is 9.63. The topological polar surface area (TPSA) is 97.6 Å². The number of amides is 2. The number of hydrogen-bond acceptors (Lipinski definition) is 7. The first-order valence-corrected chi connectivity index (χ1v) is 10.4. The molecule has 1 fully saturated rings. The van der Waals surface area contributed by atoms with Crippen LogP contribution in [0.25, 0.3) is 10.2 Å². The number of para-hydroxylation sites is 1. The normalized spacial score (nSPS) is 18.7. The van der Waals surface area contributed by atoms with Crippen molar-refractivity contribution in [2.24, 2.45) is 5.92 Å². The highest BCUT2D eigenvalue weighted by Crippen LogP contribution is 2.33. The van der Waals surface area contributed by atoms with Gasteiger partial charge in [0, 0.05) is 19.5 Å². The number of nitrogens with zero attached hydrogens (tertiary/aromatic N) is 5. The van der Waals surface area contributed by atoms with Gasteiger partial charge < -0.3 is 9.64 Å². The highest BCUT2D eigenvalue weighted by molar-refractivity contribution is 7.22. The molecule has 9 nitrogen and oxygen atoms in total. The molecule has 30 heavy (non-hydrogen) atoms. The number of benzene rings is 1. The Morgan fingerprint density at radius 3 is 2.87 bits per heavy atom. The number of anilines is 1. The van der Waals surface area contributed by atoms with Crippen molar-refractivity contribution < 1.29 is 19.1 Å². The lowest BCUT2D eigenvalue weighted by molar-refractivity contribution is -0.137. The second-order valence-corrected chi connectivity index (χ2v) is 8.37. The molecule has 154 valence electrons. The number of rotatable bonds is 3. The number of thiazole rings is 1. The summed E-state index contributed by atoms with van der Waals surface area (Å²) in [6.07, 6.45) is 0.179. The van der Waals surface area contributed by atoms with Crippen LogP contribution >= 0.6 is 11.3 Å². The maximum absolute atomic E-state index is 13.1. The molecule has 1 aromatic carbocycles. The maximum Gasteiger partial charge on any atom is 0.358 e. The molecule has 2 aliphatic rings. The largest absolute Gasteiger partial charge is 0.464 e. The van der Waals surface area contributed by atoms with E-state index < -0.39 is 11.9 Å². The van der Waals surface area contributed by atoms with Gasteiger partial charge >= 0.3 is 5.97 Å². The van der Waals surface area contributed by atoms with E-state index in [-0.39, 0.29) is 23.9 Å². The Bertz CT molecular complexity index is 1140. The Labute approximate surface area is 175 Å². The molecule has 1 unspecified atom stereocenters. The molecule has 0 radical (unpaired) electrons. The van der Waals surface area contributed by atoms with E-state index in [0.717, 1.165) is 15.9 Å². The monoisotopic (exact) mass is 425 g/mol. The quantitative estimate of drug-likeness (QED) is 0.592. The molecular formula is C20H19N5O4S. The van der Waals surface area contributed by atoms with Gasteiger partial charge in [0.25, 0.3) is 0 Å². The standard InChI is InChI=1S/C20H19N5O4S/c1-29-19(28)15-9-13-11-23(6-7-25(13)22-15)18(27)12-8-17(26)24(10-12)20-21-14-4-2-3-5-16(14)30-20/h2-5,9,12H,6-8,10-11H2,1H3. The van der Waals surface area contributed by atoms with Crippen molar-refractivity contribution in [3.05, 3.63) is 41.7 Å². The third-order valence-corrected chi connectivity index (χ3v) is 6.55. The van der Waals surface area contributed by atoms with Crippen LogP contribution in [0.2, 0.25) is 0 Å². The fraction of sp³-hybridized carbons (Fsp3) is 0.350. The van der Waals surface area contributed by atoms with Crippen molar-refractivity contribution in [2.75, 3.05) is 25.1 Å². The van der Waals surface area contributed by atoms with Gasteiger partial charge in [-0.1, -0.05) is 23.5 Å². The number of aromatic nitrogens is 3. The molecule has 3 aromatic rings. The van der Waals surface area contributed by atoms with Crippen LogP contribution in [0.4, 0.5) is 5.13 Å². The first kappa shape index (κ1) is 18.7. The molecule has 1 saturated heterocycles. The molecule has 2 aromatic heterocycles. The Morgan fingerprint density at radius 1 is 1.23 bits per heavy atom. The Hall–Kier alpha value is -3.27. The molecule has 0 spiro atoms. The number of esters is 1. The first-order chi connectivity index (χ1) is 14.5. The molecule has 0 bridgehead atoms. The average Bonchev–Trinajstić information content (AvgIpc) is 3.47. The summed E-state index contributed by atoms with van der Waals surface area (Å²) in [5.41, 5.74) is 1.87. The summed E-state index contributed by atoms with van der Waals surface area (Å²) in [4.78, 5) is 45.3. The predicted molar refractivity (Wildman–Crippen MR) is 109 cm³/mol. The molecule has 0 aliphatic carbocycles. The number of ether oxygens (including phenoxy) is 1. The summed E-state index contributed by atoms with van der Waals surface area (Å²) in [5.74, 6) is -1.04. The summed E-state index contributed by atoms with van der Waals surface area (Å²) in [7, 11) is 1.31. The number of carbonyl (C=O) groups is 3. The zero-order valence-electron chi connectivity index (χ0n) is 16.3. The SMILES string of the molecule is COC(=O)c1cc2n(n1)CCN(C(=O)C1CC(=O)N(c3nc4ccccc4s3)C1)C2. The van der Waals surface area contributed by atoms with E-state index in [2.05, 4.69) is 10.1 Å². The summed E-state index contributed by atoms with van der Waals surface area (Å²) in [5, 5.41) is 4.87. The molecule has 0 N–H and O–H groups in total. The van der Waals surface area contributed by atoms with Crippen molar-refractivity contribution in [3.8, 4) is 0 Å². The lowest BCUT2D eigenvalue weighted by Crippen LogP contribution is -2.42. The Balaban J connectivity index is 1.30. The minimum Gasteiger partial charge on any atom is -0.464 e. The Morgan fingerprint density at radius 2 is 2.07 bits per heavy atom. The molecule has 5 rings (SSSR count). The van der Waals surface area contributed by atoms with E-state index in [4.69, 9.17) is 4.74 Å². The van der Waals surface area contributed by atoms with Gasteiger partial charge in [-0.3, -0.25) is 19.2 Å². The van der Waals surface area contributed by atoms with Gasteiger partial charge in [0.2, 0.25) is 11.8 Å². The second-order valence-electron chi connectivity index (χ2n) is 7.36. The number of carbonyl (C=O) groups excluding carboxylic acids is 3. The van der Waals surface area contributed by atoms with Crippen molar-refractivity contribution in [2.45, 2.75) is 19.5 Å². The van der Waals surface area contributed by atoms with E-state index in [0.29, 0.717) is 31.3 Å². The summed E-state index contributed by atoms with van der Waals surface area (Å²) >= 11 is 1.46. The van der Waals surface area contributed by atoms with Gasteiger partial charge in [-0.2, -0.15) is 5.10 Å². The van der Waals surface area contributed by atoms with Gasteiger partial charge in [-0.25, -0.2) is 9.78 Å². The van der Waals surface area contributed by atoms with Gasteiger partial charge in [-0.05, 0) is 18.2 Å². The third-order valence-electron chi connectivity index (χ3n) is 5.49. The van der Waals surface area contributed by atoms with Crippen LogP contribution in [-0.4, -0.2) is 57.6 Å². The van der Waals surface area contributed by atoms with Crippen molar-refractivity contribution in [1.29, 1.82) is 0 Å². The maximum atomic E-state index is 13.1. The molecule has 1 atom stereocenters. The molecule has 4 heterocycles. The fourth-order valence-electron chi connectivity index (χ4n) is 3.95. The highest BCUT2D eigenvalue weighted by atomic mass is 32.1. The van der Waals surface area contributed by atoms with Crippen molar-refractivity contribution >= 4 is 44.5 Å². The minimum absolute atomic E-state index is 0.0565. The van der Waals surface area contributed by atoms with Crippen LogP contribution in [0.3, 0.4) is 0 Å². The Kier molecular flexibility index (Phi) is 4.50. The average molecular weight is 425 g/mol. The molecular weight excluding hydrogens is 406 g/mol. The zero-order chi connectivity index (χ0) is 20.8. The van der Waals surface area contributed by atoms with Gasteiger partial charge in [-0.15, -0.1) is 0 Å². The van der Waals surface area contributed by atoms with E-state index in [9.17, 15) is 14.4 Å². The molecule has 2 aliphatic heterocycles. The van der Waals surface area contributed by atoms with Gasteiger partial charge in [0.05, 0.1) is 42.0 Å². The van der Waals surface area contributed by atoms with Crippen molar-refractivity contribution in [1.82, 2.24) is 19.7 Å². The number of hydrogen-bond donors (Lipinski definition) is 0. The van der Waals surface area contributed by atoms with Crippen LogP contribution in [0.5, 0.6) is 0 Å². The minimum atomic E-state index is -0.498. The number of methoxy groups -OCH3 is 1. The van der Waals surface area contributed by atoms with E-state index >= 15 is 0 Å². The highest BCUT2D eigenvalue weighted by Gasteiger charge is 2.39. The van der Waals surface area contributed by atoms with Crippen LogP contribution in [0.15, 0.2) is 30.3 Å². The van der Waals surface area contributed by atoms with Crippen LogP contribution < -0.4 is 4.90 Å². The molecule has 2 amide bonds. The van der Waals surface area contributed by atoms with E-state index in [1.54, 1.807) is 20.5 Å². The summed E-state index contributed by atoms with van der Waals surface area (Å²) in [6, 6.07) is 9.39. The van der Waals surface area contributed by atoms with Crippen molar-refractivity contribution in [3.63, 3.8) is 0 Å². The zero-order valence-corrected chi connectivity index (χ0v) is 17.1. The molecule has 10 heteroatoms. The fourth-order valence-corrected chi connectivity index (χ4v) is 4.94. The lowest BCUT2D eigenvalue weighted by atomic mass is 10.1. The van der Waals surface area contributed by atoms with Crippen LogP contribution in [0, 0.1) is 5.92 Å². The van der Waals surface area contributed by atoms with E-state index in [1.807, 2.05) is 24.3 Å². The number of fused-ring (bicyclic) bond motifs is 2. The van der Waals surface area contributed by atoms with Crippen LogP contribution in [-0.2, 0) is 27.4 Å².